The molecule has 0 saturated heterocycles. The smallest absolute Gasteiger partial charge is 0.445 e. The van der Waals surface area contributed by atoms with Crippen molar-refractivity contribution in [2.24, 2.45) is 0 Å². The molecule has 0 amide bonds. The minimum atomic E-state index is -5.01. The molecule has 0 aliphatic rings. The van der Waals surface area contributed by atoms with E-state index >= 15 is 0 Å². The summed E-state index contributed by atoms with van der Waals surface area (Å²) in [5.41, 5.74) is 0.222. The van der Waals surface area contributed by atoms with Crippen molar-refractivity contribution in [2.75, 3.05) is 0 Å². The van der Waals surface area contributed by atoms with Gasteiger partial charge in [-0.05, 0) is 12.1 Å². The maximum atomic E-state index is 12.0. The summed E-state index contributed by atoms with van der Waals surface area (Å²) < 4.78 is 35.9. The van der Waals surface area contributed by atoms with Gasteiger partial charge in [0, 0.05) is 10.6 Å². The third-order valence-corrected chi connectivity index (χ3v) is 1.98. The summed E-state index contributed by atoms with van der Waals surface area (Å²) >= 11 is 5.67. The Kier molecular flexibility index (Phi) is 3.43. The van der Waals surface area contributed by atoms with Crippen LogP contribution < -0.4 is 0 Å². The average molecular weight is 230 g/mol. The van der Waals surface area contributed by atoms with E-state index < -0.39 is 6.98 Å². The highest BCUT2D eigenvalue weighted by molar-refractivity contribution is 6.65. The first-order valence-electron chi connectivity index (χ1n) is 4.02. The largest absolute Gasteiger partial charge is 0.502 e. The lowest BCUT2D eigenvalue weighted by molar-refractivity contribution is 0.499. The third-order valence-electron chi connectivity index (χ3n) is 1.65. The maximum Gasteiger partial charge on any atom is 0.502 e. The SMILES string of the molecule is N#Cc1cccc(Cl)c1/C=C/[B-](F)(F)F. The molecular weight excluding hydrogens is 225 g/mol. The zero-order valence-corrected chi connectivity index (χ0v) is 8.18. The van der Waals surface area contributed by atoms with Gasteiger partial charge in [0.1, 0.15) is 0 Å². The fourth-order valence-corrected chi connectivity index (χ4v) is 1.25. The van der Waals surface area contributed by atoms with E-state index in [4.69, 9.17) is 16.9 Å². The van der Waals surface area contributed by atoms with Gasteiger partial charge in [0.05, 0.1) is 11.6 Å². The van der Waals surface area contributed by atoms with Gasteiger partial charge in [-0.15, -0.1) is 5.98 Å². The molecule has 1 nitrogen and oxygen atoms in total. The van der Waals surface area contributed by atoms with Crippen LogP contribution in [0.2, 0.25) is 5.02 Å². The van der Waals surface area contributed by atoms with Crippen LogP contribution in [0.15, 0.2) is 24.2 Å². The normalized spacial score (nSPS) is 11.7. The predicted octanol–water partition coefficient (Wildman–Crippen LogP) is 3.61. The van der Waals surface area contributed by atoms with Crippen LogP contribution in [-0.4, -0.2) is 6.98 Å². The molecule has 0 aliphatic carbocycles. The number of halogens is 4. The highest BCUT2D eigenvalue weighted by Crippen LogP contribution is 2.22. The fourth-order valence-electron chi connectivity index (χ4n) is 1.01. The van der Waals surface area contributed by atoms with Crippen LogP contribution in [0.1, 0.15) is 11.1 Å². The number of benzene rings is 1. The molecule has 0 saturated carbocycles. The molecule has 1 aromatic carbocycles. The quantitative estimate of drug-likeness (QED) is 0.712. The van der Waals surface area contributed by atoms with E-state index in [2.05, 4.69) is 0 Å². The minimum Gasteiger partial charge on any atom is -0.445 e. The van der Waals surface area contributed by atoms with Crippen molar-refractivity contribution in [3.8, 4) is 6.07 Å². The Morgan fingerprint density at radius 3 is 2.53 bits per heavy atom. The zero-order chi connectivity index (χ0) is 11.5. The molecule has 1 rings (SSSR count). The van der Waals surface area contributed by atoms with E-state index in [9.17, 15) is 12.9 Å². The van der Waals surface area contributed by atoms with Gasteiger partial charge in [0.15, 0.2) is 0 Å². The minimum absolute atomic E-state index is 0.0980. The Labute approximate surface area is 89.8 Å². The Bertz CT molecular complexity index is 434. The summed E-state index contributed by atoms with van der Waals surface area (Å²) in [6, 6.07) is 6.14. The first-order valence-corrected chi connectivity index (χ1v) is 4.39. The molecule has 0 bridgehead atoms. The van der Waals surface area contributed by atoms with Crippen LogP contribution in [0, 0.1) is 11.3 Å². The Morgan fingerprint density at radius 2 is 2.00 bits per heavy atom. The highest BCUT2D eigenvalue weighted by atomic mass is 35.5. The molecule has 0 atom stereocenters. The molecular formula is C9H5BClF3N-. The van der Waals surface area contributed by atoms with Gasteiger partial charge in [-0.25, -0.2) is 0 Å². The second-order valence-electron chi connectivity index (χ2n) is 2.80. The molecule has 0 heterocycles. The highest BCUT2D eigenvalue weighted by Gasteiger charge is 2.17. The van der Waals surface area contributed by atoms with Crippen LogP contribution in [0.25, 0.3) is 6.08 Å². The van der Waals surface area contributed by atoms with Crippen molar-refractivity contribution in [1.29, 1.82) is 5.26 Å². The van der Waals surface area contributed by atoms with E-state index in [1.165, 1.54) is 18.2 Å². The van der Waals surface area contributed by atoms with E-state index in [0.717, 1.165) is 6.08 Å². The molecule has 0 aromatic heterocycles. The van der Waals surface area contributed by atoms with Crippen molar-refractivity contribution in [3.63, 3.8) is 0 Å². The maximum absolute atomic E-state index is 12.0. The summed E-state index contributed by atoms with van der Waals surface area (Å²) in [6.07, 6.45) is 0.820. The molecule has 0 N–H and O–H groups in total. The number of rotatable bonds is 2. The number of nitrogens with zero attached hydrogens (tertiary/aromatic N) is 1. The molecule has 0 fully saturated rings. The van der Waals surface area contributed by atoms with Gasteiger partial charge in [0.2, 0.25) is 0 Å². The van der Waals surface area contributed by atoms with E-state index in [1.807, 2.05) is 0 Å². The van der Waals surface area contributed by atoms with Crippen LogP contribution in [0.4, 0.5) is 12.9 Å². The monoisotopic (exact) mass is 230 g/mol. The first kappa shape index (κ1) is 11.7. The summed E-state index contributed by atoms with van der Waals surface area (Å²) in [5, 5.41) is 8.78. The predicted molar refractivity (Wildman–Crippen MR) is 54.3 cm³/mol. The fraction of sp³-hybridized carbons (Fsp3) is 0. The van der Waals surface area contributed by atoms with Gasteiger partial charge in [-0.2, -0.15) is 5.26 Å². The van der Waals surface area contributed by atoms with Crippen LogP contribution in [-0.2, 0) is 0 Å². The molecule has 15 heavy (non-hydrogen) atoms. The lowest BCUT2D eigenvalue weighted by atomic mass is 9.90. The average Bonchev–Trinajstić information content (AvgIpc) is 2.14. The molecule has 0 radical (unpaired) electrons. The van der Waals surface area contributed by atoms with Gasteiger partial charge in [-0.1, -0.05) is 23.7 Å². The Balaban J connectivity index is 3.15. The second-order valence-corrected chi connectivity index (χ2v) is 3.20. The van der Waals surface area contributed by atoms with Crippen molar-refractivity contribution in [2.45, 2.75) is 0 Å². The first-order chi connectivity index (χ1) is 6.94. The summed E-state index contributed by atoms with van der Waals surface area (Å²) in [6.45, 7) is -5.01. The molecule has 0 aliphatic heterocycles. The van der Waals surface area contributed by atoms with Crippen molar-refractivity contribution in [1.82, 2.24) is 0 Å². The van der Waals surface area contributed by atoms with Crippen molar-refractivity contribution < 1.29 is 12.9 Å². The summed E-state index contributed by atoms with van der Waals surface area (Å²) in [4.78, 5) is 0. The van der Waals surface area contributed by atoms with Gasteiger partial charge >= 0.3 is 6.98 Å². The van der Waals surface area contributed by atoms with E-state index in [1.54, 1.807) is 6.07 Å². The lowest BCUT2D eigenvalue weighted by Gasteiger charge is -2.07. The third kappa shape index (κ3) is 3.33. The van der Waals surface area contributed by atoms with Crippen molar-refractivity contribution in [3.05, 3.63) is 40.3 Å². The van der Waals surface area contributed by atoms with Crippen molar-refractivity contribution >= 4 is 24.7 Å². The molecule has 0 spiro atoms. The number of hydrogen-bond acceptors (Lipinski definition) is 1. The standard InChI is InChI=1S/C9H5BClF3N/c11-9-3-1-2-7(6-15)8(9)4-5-10(12,13)14/h1-5H/q-1/b5-4+. The summed E-state index contributed by atoms with van der Waals surface area (Å²) in [5.74, 6) is 0.113. The van der Waals surface area contributed by atoms with Crippen LogP contribution >= 0.6 is 11.6 Å². The van der Waals surface area contributed by atoms with Gasteiger partial charge < -0.3 is 12.9 Å². The van der Waals surface area contributed by atoms with Gasteiger partial charge in [-0.3, -0.25) is 0 Å². The topological polar surface area (TPSA) is 23.8 Å². The van der Waals surface area contributed by atoms with E-state index in [-0.39, 0.29) is 22.1 Å². The Hall–Kier alpha value is -1.41. The Morgan fingerprint density at radius 1 is 1.33 bits per heavy atom. The van der Waals surface area contributed by atoms with Crippen LogP contribution in [0.3, 0.4) is 0 Å². The van der Waals surface area contributed by atoms with E-state index in [0.29, 0.717) is 0 Å². The second kappa shape index (κ2) is 4.41. The lowest BCUT2D eigenvalue weighted by Crippen LogP contribution is -2.09. The summed E-state index contributed by atoms with van der Waals surface area (Å²) in [7, 11) is 0. The van der Waals surface area contributed by atoms with Crippen LogP contribution in [0.5, 0.6) is 0 Å². The number of nitriles is 1. The molecule has 78 valence electrons. The number of hydrogen-bond donors (Lipinski definition) is 0. The molecule has 6 heteroatoms. The zero-order valence-electron chi connectivity index (χ0n) is 7.42. The molecule has 1 aromatic rings. The molecule has 0 unspecified atom stereocenters. The van der Waals surface area contributed by atoms with Gasteiger partial charge in [0.25, 0.3) is 0 Å².